The second kappa shape index (κ2) is 7.93. The summed E-state index contributed by atoms with van der Waals surface area (Å²) in [5.41, 5.74) is 2.39. The van der Waals surface area contributed by atoms with Gasteiger partial charge in [-0.2, -0.15) is 0 Å². The van der Waals surface area contributed by atoms with Gasteiger partial charge in [-0.25, -0.2) is 13.1 Å². The summed E-state index contributed by atoms with van der Waals surface area (Å²) < 4.78 is 27.9. The Morgan fingerprint density at radius 2 is 2.22 bits per heavy atom. The number of nitrogens with zero attached hydrogens (tertiary/aromatic N) is 1. The lowest BCUT2D eigenvalue weighted by Crippen LogP contribution is -2.36. The molecule has 0 aliphatic carbocycles. The normalized spacial score (nSPS) is 18.5. The number of likely N-dealkylation sites (tertiary alicyclic amines) is 1. The lowest BCUT2D eigenvalue weighted by molar-refractivity contribution is 0.327. The topological polar surface area (TPSA) is 65.2 Å². The van der Waals surface area contributed by atoms with Crippen molar-refractivity contribution in [3.05, 3.63) is 52.5 Å². The van der Waals surface area contributed by atoms with E-state index in [4.69, 9.17) is 11.6 Å². The molecule has 27 heavy (non-hydrogen) atoms. The summed E-state index contributed by atoms with van der Waals surface area (Å²) >= 11 is 7.37. The Balaban J connectivity index is 1.28. The SMILES string of the molecule is O=S(=O)(NC1CCN(CCCc2c[nH]c3ccc(Cl)cc23)C1)c1cccs1. The Hall–Kier alpha value is -1.38. The summed E-state index contributed by atoms with van der Waals surface area (Å²) in [7, 11) is -3.38. The van der Waals surface area contributed by atoms with Crippen LogP contribution >= 0.6 is 22.9 Å². The average Bonchev–Trinajstić information content (AvgIpc) is 3.36. The van der Waals surface area contributed by atoms with Gasteiger partial charge in [-0.3, -0.25) is 0 Å². The van der Waals surface area contributed by atoms with Gasteiger partial charge in [0.05, 0.1) is 0 Å². The van der Waals surface area contributed by atoms with Crippen LogP contribution in [0.1, 0.15) is 18.4 Å². The maximum Gasteiger partial charge on any atom is 0.250 e. The van der Waals surface area contributed by atoms with Gasteiger partial charge in [-0.05, 0) is 67.6 Å². The van der Waals surface area contributed by atoms with Crippen LogP contribution in [0.3, 0.4) is 0 Å². The number of benzene rings is 1. The Labute approximate surface area is 168 Å². The Kier molecular flexibility index (Phi) is 5.57. The lowest BCUT2D eigenvalue weighted by Gasteiger charge is -2.16. The number of aromatic nitrogens is 1. The second-order valence-corrected chi connectivity index (χ2v) is 10.3. The first-order valence-electron chi connectivity index (χ1n) is 9.05. The van der Waals surface area contributed by atoms with E-state index in [0.717, 1.165) is 49.4 Å². The van der Waals surface area contributed by atoms with Crippen LogP contribution in [0.25, 0.3) is 10.9 Å². The van der Waals surface area contributed by atoms with E-state index >= 15 is 0 Å². The Morgan fingerprint density at radius 3 is 3.04 bits per heavy atom. The molecule has 1 aliphatic heterocycles. The predicted molar refractivity (Wildman–Crippen MR) is 111 cm³/mol. The summed E-state index contributed by atoms with van der Waals surface area (Å²) in [5.74, 6) is 0. The number of hydrogen-bond donors (Lipinski definition) is 2. The van der Waals surface area contributed by atoms with Crippen LogP contribution in [-0.2, 0) is 16.4 Å². The van der Waals surface area contributed by atoms with Crippen molar-refractivity contribution in [3.8, 4) is 0 Å². The van der Waals surface area contributed by atoms with E-state index in [-0.39, 0.29) is 6.04 Å². The van der Waals surface area contributed by atoms with Crippen molar-refractivity contribution < 1.29 is 8.42 Å². The first kappa shape index (κ1) is 19.0. The van der Waals surface area contributed by atoms with Gasteiger partial charge in [0.2, 0.25) is 10.0 Å². The fraction of sp³-hybridized carbons (Fsp3) is 0.368. The number of halogens is 1. The molecule has 0 bridgehead atoms. The third kappa shape index (κ3) is 4.38. The van der Waals surface area contributed by atoms with Gasteiger partial charge in [0, 0.05) is 34.7 Å². The largest absolute Gasteiger partial charge is 0.361 e. The van der Waals surface area contributed by atoms with Crippen LogP contribution in [0.4, 0.5) is 0 Å². The number of sulfonamides is 1. The van der Waals surface area contributed by atoms with Crippen molar-refractivity contribution in [2.75, 3.05) is 19.6 Å². The van der Waals surface area contributed by atoms with Crippen molar-refractivity contribution in [2.45, 2.75) is 29.5 Å². The first-order valence-corrected chi connectivity index (χ1v) is 11.8. The van der Waals surface area contributed by atoms with Crippen LogP contribution in [0.2, 0.25) is 5.02 Å². The second-order valence-electron chi connectivity index (χ2n) is 6.95. The fourth-order valence-electron chi connectivity index (χ4n) is 3.68. The van der Waals surface area contributed by atoms with Gasteiger partial charge in [-0.15, -0.1) is 11.3 Å². The monoisotopic (exact) mass is 423 g/mol. The Bertz CT molecular complexity index is 1010. The summed E-state index contributed by atoms with van der Waals surface area (Å²) in [6.45, 7) is 2.66. The van der Waals surface area contributed by atoms with E-state index in [1.54, 1.807) is 17.5 Å². The highest BCUT2D eigenvalue weighted by atomic mass is 35.5. The van der Waals surface area contributed by atoms with Crippen LogP contribution < -0.4 is 4.72 Å². The number of thiophene rings is 1. The van der Waals surface area contributed by atoms with Crippen LogP contribution in [-0.4, -0.2) is 44.0 Å². The van der Waals surface area contributed by atoms with Crippen LogP contribution in [0.15, 0.2) is 46.1 Å². The highest BCUT2D eigenvalue weighted by Gasteiger charge is 2.27. The molecule has 0 radical (unpaired) electrons. The zero-order valence-electron chi connectivity index (χ0n) is 14.8. The van der Waals surface area contributed by atoms with Crippen molar-refractivity contribution in [3.63, 3.8) is 0 Å². The van der Waals surface area contributed by atoms with Crippen molar-refractivity contribution in [1.29, 1.82) is 0 Å². The molecule has 5 nitrogen and oxygen atoms in total. The molecule has 0 saturated carbocycles. The molecular formula is C19H22ClN3O2S2. The van der Waals surface area contributed by atoms with Gasteiger partial charge in [0.1, 0.15) is 4.21 Å². The molecule has 1 saturated heterocycles. The number of rotatable bonds is 7. The maximum absolute atomic E-state index is 12.3. The van der Waals surface area contributed by atoms with E-state index in [1.165, 1.54) is 22.3 Å². The first-order chi connectivity index (χ1) is 13.0. The maximum atomic E-state index is 12.3. The fourth-order valence-corrected chi connectivity index (χ4v) is 6.12. The molecular weight excluding hydrogens is 402 g/mol. The predicted octanol–water partition coefficient (Wildman–Crippen LogP) is 3.87. The van der Waals surface area contributed by atoms with E-state index in [1.807, 2.05) is 18.2 Å². The Morgan fingerprint density at radius 1 is 1.33 bits per heavy atom. The van der Waals surface area contributed by atoms with Gasteiger partial charge in [-0.1, -0.05) is 17.7 Å². The molecule has 1 fully saturated rings. The highest BCUT2D eigenvalue weighted by molar-refractivity contribution is 7.91. The molecule has 1 aromatic carbocycles. The molecule has 3 aromatic rings. The minimum atomic E-state index is -3.38. The quantitative estimate of drug-likeness (QED) is 0.606. The molecule has 0 amide bonds. The zero-order chi connectivity index (χ0) is 18.9. The smallest absolute Gasteiger partial charge is 0.250 e. The number of fused-ring (bicyclic) bond motifs is 1. The molecule has 1 atom stereocenters. The highest BCUT2D eigenvalue weighted by Crippen LogP contribution is 2.24. The summed E-state index contributed by atoms with van der Waals surface area (Å²) in [6.07, 6.45) is 4.92. The van der Waals surface area contributed by atoms with E-state index in [9.17, 15) is 8.42 Å². The molecule has 0 spiro atoms. The zero-order valence-corrected chi connectivity index (χ0v) is 17.2. The van der Waals surface area contributed by atoms with Gasteiger partial charge >= 0.3 is 0 Å². The van der Waals surface area contributed by atoms with Gasteiger partial charge < -0.3 is 9.88 Å². The molecule has 1 unspecified atom stereocenters. The minimum absolute atomic E-state index is 0.0102. The van der Waals surface area contributed by atoms with E-state index in [2.05, 4.69) is 20.8 Å². The molecule has 3 heterocycles. The molecule has 144 valence electrons. The van der Waals surface area contributed by atoms with Crippen molar-refractivity contribution >= 4 is 43.9 Å². The number of nitrogens with one attached hydrogen (secondary N) is 2. The number of hydrogen-bond acceptors (Lipinski definition) is 4. The lowest BCUT2D eigenvalue weighted by atomic mass is 10.1. The van der Waals surface area contributed by atoms with E-state index < -0.39 is 10.0 Å². The van der Waals surface area contributed by atoms with E-state index in [0.29, 0.717) is 4.21 Å². The molecule has 8 heteroatoms. The van der Waals surface area contributed by atoms with Gasteiger partial charge in [0.25, 0.3) is 0 Å². The third-order valence-corrected chi connectivity index (χ3v) is 8.16. The van der Waals surface area contributed by atoms with Crippen LogP contribution in [0.5, 0.6) is 0 Å². The average molecular weight is 424 g/mol. The molecule has 2 aromatic heterocycles. The summed E-state index contributed by atoms with van der Waals surface area (Å²) in [4.78, 5) is 5.63. The van der Waals surface area contributed by atoms with Gasteiger partial charge in [0.15, 0.2) is 0 Å². The number of aryl methyl sites for hydroxylation is 1. The summed E-state index contributed by atoms with van der Waals surface area (Å²) in [5, 5.41) is 3.72. The molecule has 2 N–H and O–H groups in total. The number of aromatic amines is 1. The van der Waals surface area contributed by atoms with Crippen molar-refractivity contribution in [1.82, 2.24) is 14.6 Å². The molecule has 1 aliphatic rings. The standard InChI is InChI=1S/C19H22ClN3O2S2/c20-15-5-6-18-17(11-15)14(12-21-18)3-1-8-23-9-7-16(13-23)22-27(24,25)19-4-2-10-26-19/h2,4-6,10-12,16,21-22H,1,3,7-9,13H2. The van der Waals surface area contributed by atoms with Crippen LogP contribution in [0, 0.1) is 0 Å². The molecule has 4 rings (SSSR count). The minimum Gasteiger partial charge on any atom is -0.361 e. The summed E-state index contributed by atoms with van der Waals surface area (Å²) in [6, 6.07) is 9.31. The third-order valence-electron chi connectivity index (χ3n) is 5.00. The number of H-pyrrole nitrogens is 1. The van der Waals surface area contributed by atoms with Crippen molar-refractivity contribution in [2.24, 2.45) is 0 Å².